The van der Waals surface area contributed by atoms with E-state index in [1.807, 2.05) is 13.8 Å². The van der Waals surface area contributed by atoms with Crippen LogP contribution in [0.25, 0.3) is 0 Å². The van der Waals surface area contributed by atoms with E-state index >= 15 is 0 Å². The molecule has 0 saturated carbocycles. The van der Waals surface area contributed by atoms with Gasteiger partial charge < -0.3 is 10.1 Å². The first kappa shape index (κ1) is 24.8. The van der Waals surface area contributed by atoms with Gasteiger partial charge in [-0.25, -0.2) is 8.42 Å². The molecule has 0 aliphatic carbocycles. The van der Waals surface area contributed by atoms with Crippen LogP contribution >= 0.6 is 23.1 Å². The number of nitrogens with zero attached hydrogens (tertiary/aromatic N) is 4. The van der Waals surface area contributed by atoms with Gasteiger partial charge in [-0.05, 0) is 12.5 Å². The van der Waals surface area contributed by atoms with Crippen LogP contribution in [-0.2, 0) is 14.8 Å². The molecule has 0 bridgehead atoms. The van der Waals surface area contributed by atoms with Crippen LogP contribution in [-0.4, -0.2) is 54.6 Å². The molecule has 2 rings (SSSR count). The van der Waals surface area contributed by atoms with Crippen molar-refractivity contribution < 1.29 is 22.9 Å². The predicted molar refractivity (Wildman–Crippen MR) is 121 cm³/mol. The Bertz CT molecular complexity index is 1040. The largest absolute Gasteiger partial charge is 0.495 e. The highest BCUT2D eigenvalue weighted by molar-refractivity contribution is 8.01. The van der Waals surface area contributed by atoms with Crippen LogP contribution < -0.4 is 14.4 Å². The maximum atomic E-state index is 12.3. The van der Waals surface area contributed by atoms with E-state index in [0.29, 0.717) is 10.4 Å². The number of hydrogen-bond acceptors (Lipinski definition) is 10. The molecule has 31 heavy (non-hydrogen) atoms. The van der Waals surface area contributed by atoms with Gasteiger partial charge in [-0.2, -0.15) is 0 Å². The van der Waals surface area contributed by atoms with Gasteiger partial charge in [0.05, 0.1) is 18.3 Å². The summed E-state index contributed by atoms with van der Waals surface area (Å²) >= 11 is 2.80. The first-order valence-electron chi connectivity index (χ1n) is 9.11. The van der Waals surface area contributed by atoms with Crippen LogP contribution in [0.15, 0.2) is 22.5 Å². The summed E-state index contributed by atoms with van der Waals surface area (Å²) in [6.45, 7) is 3.98. The summed E-state index contributed by atoms with van der Waals surface area (Å²) < 4.78 is 31.5. The van der Waals surface area contributed by atoms with E-state index in [-0.39, 0.29) is 42.4 Å². The molecule has 1 aromatic heterocycles. The molecular formula is C17H23N5O6S3. The number of aromatic nitrogens is 2. The number of sulfonamides is 1. The van der Waals surface area contributed by atoms with Gasteiger partial charge in [0.15, 0.2) is 4.34 Å². The Morgan fingerprint density at radius 1 is 1.39 bits per heavy atom. The third-order valence-corrected chi connectivity index (χ3v) is 6.90. The second-order valence-corrected chi connectivity index (χ2v) is 11.3. The average Bonchev–Trinajstić information content (AvgIpc) is 3.09. The van der Waals surface area contributed by atoms with Gasteiger partial charge in [0.2, 0.25) is 21.1 Å². The lowest BCUT2D eigenvalue weighted by Crippen LogP contribution is -2.32. The van der Waals surface area contributed by atoms with Crippen molar-refractivity contribution in [1.29, 1.82) is 0 Å². The number of nitrogens with one attached hydrogen (secondary N) is 1. The van der Waals surface area contributed by atoms with E-state index in [2.05, 4.69) is 15.5 Å². The zero-order valence-corrected chi connectivity index (χ0v) is 19.8. The van der Waals surface area contributed by atoms with E-state index < -0.39 is 14.9 Å². The zero-order valence-electron chi connectivity index (χ0n) is 17.4. The second kappa shape index (κ2) is 10.7. The Labute approximate surface area is 188 Å². The fraction of sp³-hybridized carbons (Fsp3) is 0.471. The third-order valence-electron chi connectivity index (χ3n) is 3.80. The third kappa shape index (κ3) is 7.33. The van der Waals surface area contributed by atoms with Crippen molar-refractivity contribution >= 4 is 55.5 Å². The number of anilines is 2. The number of non-ortho nitro benzene ring substituents is 1. The number of carbonyl (C=O) groups is 1. The van der Waals surface area contributed by atoms with Gasteiger partial charge in [0, 0.05) is 30.3 Å². The minimum Gasteiger partial charge on any atom is -0.495 e. The lowest BCUT2D eigenvalue weighted by atomic mass is 10.2. The number of thioether (sulfide) groups is 1. The Balaban J connectivity index is 2.06. The first-order valence-corrected chi connectivity index (χ1v) is 12.7. The fourth-order valence-corrected chi connectivity index (χ4v) is 5.48. The van der Waals surface area contributed by atoms with Gasteiger partial charge >= 0.3 is 0 Å². The minimum absolute atomic E-state index is 0.0233. The maximum Gasteiger partial charge on any atom is 0.271 e. The maximum absolute atomic E-state index is 12.3. The highest BCUT2D eigenvalue weighted by Crippen LogP contribution is 2.34. The molecule has 14 heteroatoms. The van der Waals surface area contributed by atoms with Gasteiger partial charge in [-0.15, -0.1) is 10.2 Å². The summed E-state index contributed by atoms with van der Waals surface area (Å²) in [5.74, 6) is -0.166. The van der Waals surface area contributed by atoms with Crippen molar-refractivity contribution in [3.05, 3.63) is 28.3 Å². The number of nitro benzene ring substituents is 1. The van der Waals surface area contributed by atoms with Crippen molar-refractivity contribution in [3.8, 4) is 5.75 Å². The summed E-state index contributed by atoms with van der Waals surface area (Å²) in [5.41, 5.74) is -0.229. The number of methoxy groups -OCH3 is 1. The van der Waals surface area contributed by atoms with Crippen LogP contribution in [0.4, 0.5) is 16.5 Å². The number of ether oxygens (including phenoxy) is 1. The zero-order chi connectivity index (χ0) is 23.2. The molecule has 0 fully saturated rings. The topological polar surface area (TPSA) is 145 Å². The second-order valence-electron chi connectivity index (χ2n) is 6.64. The first-order chi connectivity index (χ1) is 14.5. The molecule has 1 amide bonds. The summed E-state index contributed by atoms with van der Waals surface area (Å²) in [6, 6.07) is 3.69. The van der Waals surface area contributed by atoms with Crippen LogP contribution in [0.3, 0.4) is 0 Å². The Kier molecular flexibility index (Phi) is 8.59. The highest BCUT2D eigenvalue weighted by Gasteiger charge is 2.24. The number of amides is 1. The Morgan fingerprint density at radius 2 is 2.10 bits per heavy atom. The fourth-order valence-electron chi connectivity index (χ4n) is 2.53. The number of carbonyl (C=O) groups excluding carboxylic acids is 1. The lowest BCUT2D eigenvalue weighted by molar-refractivity contribution is -0.384. The minimum atomic E-state index is -3.78. The molecule has 0 spiro atoms. The van der Waals surface area contributed by atoms with Gasteiger partial charge in [-0.3, -0.25) is 19.2 Å². The Morgan fingerprint density at radius 3 is 2.68 bits per heavy atom. The van der Waals surface area contributed by atoms with Crippen LogP contribution in [0.5, 0.6) is 5.75 Å². The molecule has 1 heterocycles. The molecule has 0 radical (unpaired) electrons. The van der Waals surface area contributed by atoms with Crippen LogP contribution in [0.1, 0.15) is 26.7 Å². The van der Waals surface area contributed by atoms with Gasteiger partial charge in [0.1, 0.15) is 11.4 Å². The summed E-state index contributed by atoms with van der Waals surface area (Å²) in [7, 11) is -2.44. The molecule has 0 aliphatic rings. The van der Waals surface area contributed by atoms with Crippen molar-refractivity contribution in [2.75, 3.05) is 29.5 Å². The molecule has 0 saturated heterocycles. The number of rotatable bonds is 11. The quantitative estimate of drug-likeness (QED) is 0.218. The molecule has 0 atom stereocenters. The molecule has 11 nitrogen and oxygen atoms in total. The van der Waals surface area contributed by atoms with Crippen molar-refractivity contribution in [3.63, 3.8) is 0 Å². The van der Waals surface area contributed by atoms with Gasteiger partial charge in [0.25, 0.3) is 5.69 Å². The van der Waals surface area contributed by atoms with E-state index in [1.54, 1.807) is 0 Å². The number of nitro groups is 1. The highest BCUT2D eigenvalue weighted by atomic mass is 32.2. The molecular weight excluding hydrogens is 466 g/mol. The van der Waals surface area contributed by atoms with Gasteiger partial charge in [-0.1, -0.05) is 36.9 Å². The van der Waals surface area contributed by atoms with Crippen molar-refractivity contribution in [2.24, 2.45) is 0 Å². The molecule has 0 unspecified atom stereocenters. The Hall–Kier alpha value is -2.45. The standard InChI is InChI=1S/C17H23N5O6S3/c1-11(2)29-17-20-19-16(30-17)18-15(23)6-5-9-21(31(4,26)27)13-10-12(22(24)25)7-8-14(13)28-3/h7-8,10-11H,5-6,9H2,1-4H3,(H,18,19,23). The van der Waals surface area contributed by atoms with Crippen molar-refractivity contribution in [2.45, 2.75) is 36.3 Å². The summed E-state index contributed by atoms with van der Waals surface area (Å²) in [4.78, 5) is 22.7. The monoisotopic (exact) mass is 489 g/mol. The van der Waals surface area contributed by atoms with E-state index in [4.69, 9.17) is 4.74 Å². The molecule has 2 aromatic rings. The lowest BCUT2D eigenvalue weighted by Gasteiger charge is -2.24. The molecule has 1 aromatic carbocycles. The van der Waals surface area contributed by atoms with E-state index in [1.165, 1.54) is 42.3 Å². The van der Waals surface area contributed by atoms with E-state index in [0.717, 1.165) is 21.0 Å². The smallest absolute Gasteiger partial charge is 0.271 e. The average molecular weight is 490 g/mol. The van der Waals surface area contributed by atoms with Crippen molar-refractivity contribution in [1.82, 2.24) is 10.2 Å². The SMILES string of the molecule is COc1ccc([N+](=O)[O-])cc1N(CCCC(=O)Nc1nnc(SC(C)C)s1)S(C)(=O)=O. The predicted octanol–water partition coefficient (Wildman–Crippen LogP) is 3.14. The van der Waals surface area contributed by atoms with Crippen LogP contribution in [0.2, 0.25) is 0 Å². The summed E-state index contributed by atoms with van der Waals surface area (Å²) in [6.07, 6.45) is 1.19. The molecule has 1 N–H and O–H groups in total. The summed E-state index contributed by atoms with van der Waals surface area (Å²) in [5, 5.41) is 22.4. The van der Waals surface area contributed by atoms with Crippen LogP contribution in [0, 0.1) is 10.1 Å². The normalized spacial score (nSPS) is 11.4. The van der Waals surface area contributed by atoms with E-state index in [9.17, 15) is 23.3 Å². The molecule has 170 valence electrons. The molecule has 0 aliphatic heterocycles. The number of benzene rings is 1. The number of hydrogen-bond donors (Lipinski definition) is 1.